The van der Waals surface area contributed by atoms with Gasteiger partial charge in [-0.3, -0.25) is 0 Å². The molecule has 0 fully saturated rings. The Bertz CT molecular complexity index is 72.1. The normalized spacial score (nSPS) is 5.43. The Labute approximate surface area is 56.1 Å². The molecule has 3 heteroatoms. The van der Waals surface area contributed by atoms with Gasteiger partial charge >= 0.3 is 19.8 Å². The summed E-state index contributed by atoms with van der Waals surface area (Å²) >= 11 is 7.15. The van der Waals surface area contributed by atoms with Gasteiger partial charge < -0.3 is 0 Å². The summed E-state index contributed by atoms with van der Waals surface area (Å²) in [6.07, 6.45) is 1.49. The summed E-state index contributed by atoms with van der Waals surface area (Å²) < 4.78 is 8.00. The van der Waals surface area contributed by atoms with Gasteiger partial charge in [-0.1, -0.05) is 30.8 Å². The van der Waals surface area contributed by atoms with Gasteiger partial charge in [-0.25, -0.2) is 0 Å². The first kappa shape index (κ1) is 10.1. The quantitative estimate of drug-likeness (QED) is 0.422. The molecule has 0 unspecified atom stereocenters. The van der Waals surface area contributed by atoms with Gasteiger partial charge in [0.05, 0.1) is 0 Å². The zero-order valence-electron chi connectivity index (χ0n) is 3.63. The van der Waals surface area contributed by atoms with Crippen molar-refractivity contribution in [3.05, 3.63) is 24.3 Å². The van der Waals surface area contributed by atoms with Crippen molar-refractivity contribution in [2.24, 2.45) is 0 Å². The molecule has 0 saturated carbocycles. The number of halogens is 1. The van der Waals surface area contributed by atoms with Crippen molar-refractivity contribution in [1.82, 2.24) is 0 Å². The van der Waals surface area contributed by atoms with E-state index in [1.54, 1.807) is 0 Å². The van der Waals surface area contributed by atoms with Gasteiger partial charge in [0.25, 0.3) is 0 Å². The molecule has 0 radical (unpaired) electrons. The van der Waals surface area contributed by atoms with Gasteiger partial charge in [-0.2, -0.15) is 0 Å². The maximum absolute atomic E-state index is 8.00. The van der Waals surface area contributed by atoms with Crippen LogP contribution in [-0.2, 0) is 19.8 Å². The Kier molecular flexibility index (Phi) is 13.7. The fourth-order valence-electron chi connectivity index (χ4n) is 0. The van der Waals surface area contributed by atoms with Gasteiger partial charge in [-0.15, -0.1) is 0 Å². The number of allylic oxidation sites excluding steroid dienone is 2. The zero-order chi connectivity index (χ0) is 6.28. The third-order valence-electron chi connectivity index (χ3n) is 0.221. The zero-order valence-corrected chi connectivity index (χ0v) is 5.49. The molecule has 0 bridgehead atoms. The van der Waals surface area contributed by atoms with Gasteiger partial charge in [-0.05, 0) is 0 Å². The van der Waals surface area contributed by atoms with E-state index in [1.165, 1.54) is 6.08 Å². The van der Waals surface area contributed by atoms with Crippen molar-refractivity contribution in [3.8, 4) is 0 Å². The number of rotatable bonds is 1. The molecular formula is C4H5ClFeO. The third-order valence-corrected chi connectivity index (χ3v) is 0.376. The fraction of sp³-hybridized carbons (Fsp3) is 0. The maximum atomic E-state index is 8.00. The van der Waals surface area contributed by atoms with E-state index in [-0.39, 0.29) is 0 Å². The van der Waals surface area contributed by atoms with Gasteiger partial charge in [0, 0.05) is 5.03 Å². The van der Waals surface area contributed by atoms with Crippen LogP contribution >= 0.6 is 11.6 Å². The minimum atomic E-state index is 0.491. The molecule has 42 valence electrons. The predicted octanol–water partition coefficient (Wildman–Crippen LogP) is 1.80. The first-order valence-electron chi connectivity index (χ1n) is 1.38. The van der Waals surface area contributed by atoms with Crippen molar-refractivity contribution in [2.75, 3.05) is 0 Å². The molecule has 0 spiro atoms. The second-order valence-corrected chi connectivity index (χ2v) is 1.14. The van der Waals surface area contributed by atoms with Crippen LogP contribution in [0, 0.1) is 0 Å². The van der Waals surface area contributed by atoms with Crippen LogP contribution in [-0.4, -0.2) is 0 Å². The van der Waals surface area contributed by atoms with E-state index in [9.17, 15) is 0 Å². The molecule has 0 aromatic carbocycles. The van der Waals surface area contributed by atoms with Crippen molar-refractivity contribution < 1.29 is 19.8 Å². The monoisotopic (exact) mass is 160 g/mol. The average Bonchev–Trinajstić information content (AvgIpc) is 1.73. The molecule has 0 aromatic rings. The molecule has 0 heterocycles. The van der Waals surface area contributed by atoms with Crippen LogP contribution in [0.3, 0.4) is 0 Å². The second kappa shape index (κ2) is 9.43. The summed E-state index contributed by atoms with van der Waals surface area (Å²) in [7, 11) is 0. The molecule has 7 heavy (non-hydrogen) atoms. The number of hydrogen-bond acceptors (Lipinski definition) is 1. The molecule has 0 atom stereocenters. The van der Waals surface area contributed by atoms with Crippen molar-refractivity contribution in [3.63, 3.8) is 0 Å². The molecule has 0 aromatic heterocycles. The molecule has 0 amide bonds. The van der Waals surface area contributed by atoms with Gasteiger partial charge in [0.2, 0.25) is 0 Å². The Morgan fingerprint density at radius 1 is 1.71 bits per heavy atom. The topological polar surface area (TPSA) is 17.1 Å². The molecule has 0 N–H and O–H groups in total. The van der Waals surface area contributed by atoms with Crippen LogP contribution in [0.25, 0.3) is 0 Å². The van der Waals surface area contributed by atoms with E-state index in [0.717, 1.165) is 0 Å². The third kappa shape index (κ3) is 23.3. The summed E-state index contributed by atoms with van der Waals surface area (Å²) in [5.74, 6) is 0. The van der Waals surface area contributed by atoms with Crippen LogP contribution in [0.15, 0.2) is 24.3 Å². The molecule has 0 aliphatic carbocycles. The first-order chi connectivity index (χ1) is 3.27. The Morgan fingerprint density at radius 3 is 1.86 bits per heavy atom. The molecule has 0 aliphatic rings. The van der Waals surface area contributed by atoms with E-state index in [4.69, 9.17) is 15.4 Å². The van der Waals surface area contributed by atoms with Gasteiger partial charge in [0.15, 0.2) is 0 Å². The Morgan fingerprint density at radius 2 is 1.86 bits per heavy atom. The fourth-order valence-corrected chi connectivity index (χ4v) is 0. The van der Waals surface area contributed by atoms with Crippen molar-refractivity contribution in [1.29, 1.82) is 0 Å². The van der Waals surface area contributed by atoms with Crippen LogP contribution < -0.4 is 0 Å². The average molecular weight is 160 g/mol. The summed E-state index contributed by atoms with van der Waals surface area (Å²) in [4.78, 5) is 0. The standard InChI is InChI=1S/C4H5Cl.Fe.O/c1-3-4(2)5;;/h3H,1-2H2;;. The SMILES string of the molecule is C=CC(=C)Cl.[O]=[Fe]. The van der Waals surface area contributed by atoms with E-state index in [1.807, 2.05) is 15.9 Å². The molecule has 0 aliphatic heterocycles. The van der Waals surface area contributed by atoms with Crippen LogP contribution in [0.4, 0.5) is 0 Å². The second-order valence-electron chi connectivity index (χ2n) is 0.651. The molecule has 0 saturated heterocycles. The van der Waals surface area contributed by atoms with Crippen LogP contribution in [0.1, 0.15) is 0 Å². The van der Waals surface area contributed by atoms with Crippen LogP contribution in [0.5, 0.6) is 0 Å². The molecular weight excluding hydrogens is 155 g/mol. The summed E-state index contributed by atoms with van der Waals surface area (Å²) in [5.41, 5.74) is 0. The summed E-state index contributed by atoms with van der Waals surface area (Å²) in [6, 6.07) is 0. The minimum absolute atomic E-state index is 0.491. The van der Waals surface area contributed by atoms with E-state index < -0.39 is 0 Å². The first-order valence-corrected chi connectivity index (χ1v) is 2.21. The summed E-state index contributed by atoms with van der Waals surface area (Å²) in [5, 5.41) is 0.491. The van der Waals surface area contributed by atoms with Crippen LogP contribution in [0.2, 0.25) is 0 Å². The van der Waals surface area contributed by atoms with Gasteiger partial charge in [0.1, 0.15) is 0 Å². The van der Waals surface area contributed by atoms with E-state index in [2.05, 4.69) is 13.2 Å². The Balaban J connectivity index is 0. The number of hydrogen-bond donors (Lipinski definition) is 0. The predicted molar refractivity (Wildman–Crippen MR) is 25.9 cm³/mol. The summed E-state index contributed by atoms with van der Waals surface area (Å²) in [6.45, 7) is 6.65. The Hall–Kier alpha value is 0.0895. The van der Waals surface area contributed by atoms with Crippen molar-refractivity contribution in [2.45, 2.75) is 0 Å². The van der Waals surface area contributed by atoms with Crippen molar-refractivity contribution >= 4 is 11.6 Å². The molecule has 1 nitrogen and oxygen atoms in total. The van der Waals surface area contributed by atoms with E-state index >= 15 is 0 Å². The van der Waals surface area contributed by atoms with E-state index in [0.29, 0.717) is 5.03 Å². The molecule has 0 rings (SSSR count).